The Morgan fingerprint density at radius 3 is 1.33 bits per heavy atom. The molecule has 0 nitrogen and oxygen atoms in total. The van der Waals surface area contributed by atoms with Gasteiger partial charge in [-0.1, -0.05) is 62.0 Å². The second kappa shape index (κ2) is 10.1. The fraction of sp³-hybridized carbons (Fsp3) is 0.250. The summed E-state index contributed by atoms with van der Waals surface area (Å²) in [5.41, 5.74) is 0. The lowest BCUT2D eigenvalue weighted by atomic mass is 10.4. The zero-order valence-corrected chi connectivity index (χ0v) is 12.6. The molecule has 0 N–H and O–H groups in total. The van der Waals surface area contributed by atoms with Crippen LogP contribution in [0.3, 0.4) is 0 Å². The summed E-state index contributed by atoms with van der Waals surface area (Å²) in [5, 5.41) is 0. The highest BCUT2D eigenvalue weighted by Crippen LogP contribution is 2.26. The molecule has 0 aliphatic heterocycles. The Balaban J connectivity index is 0.000000280. The first-order chi connectivity index (χ1) is 8.86. The molecule has 0 bridgehead atoms. The first kappa shape index (κ1) is 15.2. The van der Waals surface area contributed by atoms with Crippen molar-refractivity contribution in [3.8, 4) is 0 Å². The molecule has 0 aliphatic rings. The first-order valence-corrected chi connectivity index (χ1v) is 8.19. The van der Waals surface area contributed by atoms with E-state index in [0.717, 1.165) is 0 Å². The zero-order chi connectivity index (χ0) is 13.1. The van der Waals surface area contributed by atoms with Crippen LogP contribution in [0, 0.1) is 0 Å². The van der Waals surface area contributed by atoms with Gasteiger partial charge < -0.3 is 0 Å². The molecule has 0 heterocycles. The van der Waals surface area contributed by atoms with Gasteiger partial charge in [-0.25, -0.2) is 0 Å². The topological polar surface area (TPSA) is 0 Å². The van der Waals surface area contributed by atoms with Gasteiger partial charge in [0.05, 0.1) is 0 Å². The van der Waals surface area contributed by atoms with Crippen LogP contribution in [0.5, 0.6) is 0 Å². The summed E-state index contributed by atoms with van der Waals surface area (Å²) in [5.74, 6) is 2.52. The molecule has 2 rings (SSSR count). The standard InChI is InChI=1S/C12H10S.C4H10S/c1-3-7-11(8-4-1)13-12-9-5-2-6-10-12;1-3-5-4-2/h1-10H;3-4H2,1-2H3. The lowest BCUT2D eigenvalue weighted by Gasteiger charge is -1.99. The summed E-state index contributed by atoms with van der Waals surface area (Å²) < 4.78 is 0. The van der Waals surface area contributed by atoms with Crippen molar-refractivity contribution in [2.75, 3.05) is 11.5 Å². The van der Waals surface area contributed by atoms with Crippen molar-refractivity contribution >= 4 is 23.5 Å². The van der Waals surface area contributed by atoms with E-state index in [1.165, 1.54) is 21.3 Å². The van der Waals surface area contributed by atoms with Gasteiger partial charge in [0, 0.05) is 9.79 Å². The lowest BCUT2D eigenvalue weighted by molar-refractivity contribution is 1.41. The van der Waals surface area contributed by atoms with E-state index in [0.29, 0.717) is 0 Å². The van der Waals surface area contributed by atoms with Crippen LogP contribution in [0.15, 0.2) is 70.5 Å². The summed E-state index contributed by atoms with van der Waals surface area (Å²) in [4.78, 5) is 2.57. The normalized spacial score (nSPS) is 9.44. The fourth-order valence-electron chi connectivity index (χ4n) is 1.32. The molecule has 0 fully saturated rings. The van der Waals surface area contributed by atoms with E-state index in [1.54, 1.807) is 11.8 Å². The van der Waals surface area contributed by atoms with Crippen LogP contribution in [-0.4, -0.2) is 11.5 Å². The second-order valence-electron chi connectivity index (χ2n) is 3.51. The summed E-state index contributed by atoms with van der Waals surface area (Å²) in [6.45, 7) is 4.35. The molecule has 2 heteroatoms. The van der Waals surface area contributed by atoms with Crippen molar-refractivity contribution in [1.29, 1.82) is 0 Å². The first-order valence-electron chi connectivity index (χ1n) is 6.22. The Hall–Kier alpha value is -0.860. The molecule has 0 saturated heterocycles. The number of thioether (sulfide) groups is 1. The summed E-state index contributed by atoms with van der Waals surface area (Å²) in [6.07, 6.45) is 0. The van der Waals surface area contributed by atoms with Gasteiger partial charge in [0.25, 0.3) is 0 Å². The number of benzene rings is 2. The molecule has 2 aromatic carbocycles. The maximum atomic E-state index is 2.17. The van der Waals surface area contributed by atoms with Crippen LogP contribution in [0.4, 0.5) is 0 Å². The number of hydrogen-bond donors (Lipinski definition) is 0. The molecular formula is C16H20S2. The van der Waals surface area contributed by atoms with Crippen LogP contribution >= 0.6 is 23.5 Å². The minimum absolute atomic E-state index is 1.26. The van der Waals surface area contributed by atoms with E-state index in [-0.39, 0.29) is 0 Å². The Morgan fingerprint density at radius 2 is 1.06 bits per heavy atom. The molecule has 0 spiro atoms. The Kier molecular flexibility index (Phi) is 8.53. The second-order valence-corrected chi connectivity index (χ2v) is 6.22. The minimum Gasteiger partial charge on any atom is -0.163 e. The van der Waals surface area contributed by atoms with Gasteiger partial charge >= 0.3 is 0 Å². The Bertz CT molecular complexity index is 358. The quantitative estimate of drug-likeness (QED) is 0.713. The lowest BCUT2D eigenvalue weighted by Crippen LogP contribution is -1.70. The molecule has 2 aromatic rings. The van der Waals surface area contributed by atoms with E-state index in [9.17, 15) is 0 Å². The monoisotopic (exact) mass is 276 g/mol. The third-order valence-electron chi connectivity index (χ3n) is 2.13. The van der Waals surface area contributed by atoms with E-state index in [4.69, 9.17) is 0 Å². The average molecular weight is 276 g/mol. The van der Waals surface area contributed by atoms with Gasteiger partial charge in [0.15, 0.2) is 0 Å². The smallest absolute Gasteiger partial charge is 0.0122 e. The molecule has 96 valence electrons. The van der Waals surface area contributed by atoms with Gasteiger partial charge in [0.2, 0.25) is 0 Å². The molecule has 0 radical (unpaired) electrons. The summed E-state index contributed by atoms with van der Waals surface area (Å²) in [7, 11) is 0. The maximum absolute atomic E-state index is 2.17. The van der Waals surface area contributed by atoms with Crippen LogP contribution < -0.4 is 0 Å². The predicted octanol–water partition coefficient (Wildman–Crippen LogP) is 5.60. The van der Waals surface area contributed by atoms with Crippen LogP contribution in [0.1, 0.15) is 13.8 Å². The largest absolute Gasteiger partial charge is 0.163 e. The predicted molar refractivity (Wildman–Crippen MR) is 85.7 cm³/mol. The minimum atomic E-state index is 1.26. The molecule has 0 unspecified atom stereocenters. The molecule has 0 aromatic heterocycles. The molecular weight excluding hydrogens is 256 g/mol. The molecule has 18 heavy (non-hydrogen) atoms. The van der Waals surface area contributed by atoms with E-state index < -0.39 is 0 Å². The SMILES string of the molecule is CCSCC.c1ccc(Sc2ccccc2)cc1. The third kappa shape index (κ3) is 6.77. The van der Waals surface area contributed by atoms with Crippen LogP contribution in [0.2, 0.25) is 0 Å². The highest BCUT2D eigenvalue weighted by Gasteiger charge is 1.93. The van der Waals surface area contributed by atoms with Gasteiger partial charge in [-0.3, -0.25) is 0 Å². The summed E-state index contributed by atoms with van der Waals surface area (Å²) >= 11 is 3.75. The third-order valence-corrected chi connectivity index (χ3v) is 3.96. The van der Waals surface area contributed by atoms with E-state index >= 15 is 0 Å². The van der Waals surface area contributed by atoms with Gasteiger partial charge in [-0.15, -0.1) is 0 Å². The Labute approximate surface area is 119 Å². The van der Waals surface area contributed by atoms with Crippen molar-refractivity contribution in [3.05, 3.63) is 60.7 Å². The van der Waals surface area contributed by atoms with Crippen LogP contribution in [0.25, 0.3) is 0 Å². The molecule has 0 amide bonds. The van der Waals surface area contributed by atoms with E-state index in [2.05, 4.69) is 62.4 Å². The average Bonchev–Trinajstić information content (AvgIpc) is 2.43. The number of hydrogen-bond acceptors (Lipinski definition) is 2. The number of rotatable bonds is 4. The van der Waals surface area contributed by atoms with Crippen molar-refractivity contribution < 1.29 is 0 Å². The van der Waals surface area contributed by atoms with Crippen molar-refractivity contribution in [1.82, 2.24) is 0 Å². The van der Waals surface area contributed by atoms with Crippen LogP contribution in [-0.2, 0) is 0 Å². The van der Waals surface area contributed by atoms with Crippen molar-refractivity contribution in [3.63, 3.8) is 0 Å². The highest BCUT2D eigenvalue weighted by molar-refractivity contribution is 7.99. The summed E-state index contributed by atoms with van der Waals surface area (Å²) in [6, 6.07) is 20.8. The van der Waals surface area contributed by atoms with Gasteiger partial charge in [-0.05, 0) is 35.8 Å². The van der Waals surface area contributed by atoms with Crippen molar-refractivity contribution in [2.45, 2.75) is 23.6 Å². The molecule has 0 aliphatic carbocycles. The fourth-order valence-corrected chi connectivity index (χ4v) is 2.58. The Morgan fingerprint density at radius 1 is 0.667 bits per heavy atom. The zero-order valence-electron chi connectivity index (χ0n) is 11.0. The maximum Gasteiger partial charge on any atom is 0.0122 e. The van der Waals surface area contributed by atoms with Gasteiger partial charge in [-0.2, -0.15) is 11.8 Å². The van der Waals surface area contributed by atoms with Crippen molar-refractivity contribution in [2.24, 2.45) is 0 Å². The van der Waals surface area contributed by atoms with E-state index in [1.807, 2.05) is 23.9 Å². The molecule has 0 atom stereocenters. The molecule has 0 saturated carbocycles. The van der Waals surface area contributed by atoms with Gasteiger partial charge in [0.1, 0.15) is 0 Å². The highest BCUT2D eigenvalue weighted by atomic mass is 32.2.